The lowest BCUT2D eigenvalue weighted by molar-refractivity contribution is -0.385. The molecule has 0 bridgehead atoms. The number of nitro benzene ring substituents is 2. The zero-order valence-corrected chi connectivity index (χ0v) is 41.0. The summed E-state index contributed by atoms with van der Waals surface area (Å²) in [4.78, 5) is 74.7. The molecule has 0 fully saturated rings. The van der Waals surface area contributed by atoms with E-state index in [2.05, 4.69) is 64.5 Å². The number of nitrogens with zero attached hydrogens (tertiary/aromatic N) is 2. The van der Waals surface area contributed by atoms with Gasteiger partial charge in [0.2, 0.25) is 0 Å². The Morgan fingerprint density at radius 2 is 1.01 bits per heavy atom. The average Bonchev–Trinajstić information content (AvgIpc) is 3.32. The van der Waals surface area contributed by atoms with Crippen LogP contribution in [-0.2, 0) is 42.9 Å². The van der Waals surface area contributed by atoms with Crippen LogP contribution in [0.2, 0.25) is 0 Å². The fourth-order valence-corrected chi connectivity index (χ4v) is 8.83. The highest BCUT2D eigenvalue weighted by molar-refractivity contribution is 7.99. The largest absolute Gasteiger partial charge is 0.466 e. The normalized spacial score (nSPS) is 15.8. The first-order valence-electron chi connectivity index (χ1n) is 22.0. The van der Waals surface area contributed by atoms with Crippen LogP contribution in [0, 0.1) is 20.2 Å². The number of rotatable bonds is 13. The molecule has 0 amide bonds. The Bertz CT molecular complexity index is 2710. The van der Waals surface area contributed by atoms with Gasteiger partial charge in [-0.25, -0.2) is 19.2 Å². The summed E-state index contributed by atoms with van der Waals surface area (Å²) < 4.78 is 25.6. The maximum Gasteiger partial charge on any atom is 0.337 e. The van der Waals surface area contributed by atoms with Crippen LogP contribution in [0.1, 0.15) is 71.4 Å². The number of esters is 4. The number of fused-ring (bicyclic) bond motifs is 2. The summed E-state index contributed by atoms with van der Waals surface area (Å²) in [5.74, 6) is -4.18. The van der Waals surface area contributed by atoms with E-state index >= 15 is 0 Å². The molecule has 0 saturated carbocycles. The molecule has 19 heteroatoms. The number of carbonyl (C=O) groups excluding carboxylic acids is 4. The summed E-state index contributed by atoms with van der Waals surface area (Å²) in [6.07, 6.45) is -0.382. The maximum absolute atomic E-state index is 12.9. The number of anilines is 2. The van der Waals surface area contributed by atoms with Gasteiger partial charge in [-0.2, -0.15) is 0 Å². The van der Waals surface area contributed by atoms with Crippen molar-refractivity contribution < 1.29 is 52.7 Å². The molecular weight excluding hydrogens is 923 g/mol. The number of nitrogens with one attached hydrogen (secondary N) is 3. The van der Waals surface area contributed by atoms with E-state index in [1.807, 2.05) is 11.8 Å². The van der Waals surface area contributed by atoms with Crippen LogP contribution in [0.5, 0.6) is 0 Å². The van der Waals surface area contributed by atoms with Gasteiger partial charge in [-0.3, -0.25) is 20.2 Å². The smallest absolute Gasteiger partial charge is 0.337 e. The SMILES string of the molecule is CCOC(=O)C1=C(C)NC(C)=C(C(=O)OC)C1c1cccc([N+](=O)[O-])c1.COCCOC(=O)C1=C(C)NC(C)=C(C(=O)OC(C)C)C1c1cccc([N+](=O)[O-])c1.c1ccc2c(c1)Nc1ccccc1S2. The lowest BCUT2D eigenvalue weighted by atomic mass is 9.80. The number of hydrogen-bond acceptors (Lipinski definition) is 17. The average molecular weight is 978 g/mol. The van der Waals surface area contributed by atoms with E-state index in [0.717, 1.165) is 0 Å². The van der Waals surface area contributed by atoms with Gasteiger partial charge in [0.25, 0.3) is 11.4 Å². The molecular formula is C51H55N5O13S. The molecule has 0 spiro atoms. The summed E-state index contributed by atoms with van der Waals surface area (Å²) in [7, 11) is 2.72. The molecule has 0 saturated heterocycles. The van der Waals surface area contributed by atoms with Gasteiger partial charge in [0.05, 0.1) is 81.8 Å². The zero-order chi connectivity index (χ0) is 51.2. The van der Waals surface area contributed by atoms with E-state index in [1.165, 1.54) is 71.8 Å². The van der Waals surface area contributed by atoms with Crippen molar-refractivity contribution in [1.29, 1.82) is 0 Å². The number of non-ortho nitro benzene ring substituents is 2. The first-order chi connectivity index (χ1) is 33.4. The van der Waals surface area contributed by atoms with E-state index in [9.17, 15) is 39.4 Å². The quantitative estimate of drug-likeness (QED) is 0.0327. The highest BCUT2D eigenvalue weighted by atomic mass is 32.2. The lowest BCUT2D eigenvalue weighted by Gasteiger charge is -2.30. The van der Waals surface area contributed by atoms with Crippen molar-refractivity contribution in [1.82, 2.24) is 10.6 Å². The Balaban J connectivity index is 0.000000207. The molecule has 4 aromatic rings. The molecule has 0 aromatic heterocycles. The Kier molecular flexibility index (Phi) is 18.6. The number of benzene rings is 4. The van der Waals surface area contributed by atoms with Crippen molar-refractivity contribution in [3.63, 3.8) is 0 Å². The second kappa shape index (κ2) is 24.5. The third kappa shape index (κ3) is 12.9. The summed E-state index contributed by atoms with van der Waals surface area (Å²) in [6.45, 7) is 12.3. The minimum Gasteiger partial charge on any atom is -0.466 e. The molecule has 3 aliphatic heterocycles. The molecule has 70 heavy (non-hydrogen) atoms. The first-order valence-corrected chi connectivity index (χ1v) is 22.8. The van der Waals surface area contributed by atoms with E-state index in [0.29, 0.717) is 33.9 Å². The zero-order valence-electron chi connectivity index (χ0n) is 40.2. The topological polar surface area (TPSA) is 237 Å². The number of dihydropyridines is 2. The van der Waals surface area contributed by atoms with Gasteiger partial charge in [0.15, 0.2) is 0 Å². The van der Waals surface area contributed by atoms with Crippen molar-refractivity contribution in [2.75, 3.05) is 39.4 Å². The molecule has 18 nitrogen and oxygen atoms in total. The third-order valence-corrected chi connectivity index (χ3v) is 12.0. The van der Waals surface area contributed by atoms with Gasteiger partial charge in [-0.15, -0.1) is 0 Å². The predicted octanol–water partition coefficient (Wildman–Crippen LogP) is 9.43. The Morgan fingerprint density at radius 1 is 0.586 bits per heavy atom. The van der Waals surface area contributed by atoms with E-state index in [1.54, 1.807) is 60.6 Å². The highest BCUT2D eigenvalue weighted by Crippen LogP contribution is 2.44. The third-order valence-electron chi connectivity index (χ3n) is 10.8. The van der Waals surface area contributed by atoms with Crippen molar-refractivity contribution in [3.8, 4) is 0 Å². The second-order valence-corrected chi connectivity index (χ2v) is 17.1. The van der Waals surface area contributed by atoms with Gasteiger partial charge >= 0.3 is 23.9 Å². The van der Waals surface area contributed by atoms with E-state index < -0.39 is 45.6 Å². The minimum absolute atomic E-state index is 0.0300. The van der Waals surface area contributed by atoms with Crippen molar-refractivity contribution in [2.24, 2.45) is 0 Å². The van der Waals surface area contributed by atoms with E-state index in [4.69, 9.17) is 23.7 Å². The van der Waals surface area contributed by atoms with Crippen molar-refractivity contribution in [2.45, 2.75) is 76.2 Å². The second-order valence-electron chi connectivity index (χ2n) is 16.0. The van der Waals surface area contributed by atoms with Gasteiger partial charge in [0, 0.05) is 64.0 Å². The molecule has 3 aliphatic rings. The molecule has 0 radical (unpaired) electrons. The number of nitro groups is 2. The molecule has 3 heterocycles. The molecule has 0 aliphatic carbocycles. The van der Waals surface area contributed by atoms with Crippen molar-refractivity contribution in [3.05, 3.63) is 173 Å². The number of ether oxygens (including phenoxy) is 5. The van der Waals surface area contributed by atoms with Crippen LogP contribution in [0.15, 0.2) is 152 Å². The van der Waals surface area contributed by atoms with Crippen LogP contribution in [0.3, 0.4) is 0 Å². The molecule has 2 unspecified atom stereocenters. The number of allylic oxidation sites excluding steroid dienone is 4. The molecule has 7 rings (SSSR count). The van der Waals surface area contributed by atoms with Gasteiger partial charge in [0.1, 0.15) is 6.61 Å². The highest BCUT2D eigenvalue weighted by Gasteiger charge is 2.40. The predicted molar refractivity (Wildman–Crippen MR) is 262 cm³/mol. The van der Waals surface area contributed by atoms with Crippen molar-refractivity contribution >= 4 is 58.4 Å². The summed E-state index contributed by atoms with van der Waals surface area (Å²) in [5, 5.41) is 31.9. The maximum atomic E-state index is 12.9. The van der Waals surface area contributed by atoms with Crippen LogP contribution in [0.25, 0.3) is 0 Å². The monoisotopic (exact) mass is 977 g/mol. The summed E-state index contributed by atoms with van der Waals surface area (Å²) in [6, 6.07) is 28.4. The first kappa shape index (κ1) is 53.2. The fraction of sp³-hybridized carbons (Fsp3) is 0.294. The minimum atomic E-state index is -0.882. The van der Waals surface area contributed by atoms with Crippen LogP contribution in [0.4, 0.5) is 22.7 Å². The van der Waals surface area contributed by atoms with Crippen LogP contribution < -0.4 is 16.0 Å². The number of carbonyl (C=O) groups is 4. The van der Waals surface area contributed by atoms with Crippen LogP contribution in [-0.4, -0.2) is 73.9 Å². The van der Waals surface area contributed by atoms with Gasteiger partial charge in [-0.05, 0) is 83.9 Å². The Morgan fingerprint density at radius 3 is 1.43 bits per heavy atom. The van der Waals surface area contributed by atoms with Gasteiger partial charge in [-0.1, -0.05) is 60.3 Å². The number of hydrogen-bond donors (Lipinski definition) is 3. The fourth-order valence-electron chi connectivity index (χ4n) is 7.85. The lowest BCUT2D eigenvalue weighted by Crippen LogP contribution is -2.33. The Hall–Kier alpha value is -7.77. The molecule has 4 aromatic carbocycles. The van der Waals surface area contributed by atoms with Gasteiger partial charge < -0.3 is 39.6 Å². The van der Waals surface area contributed by atoms with Crippen LogP contribution >= 0.6 is 11.8 Å². The molecule has 368 valence electrons. The number of methoxy groups -OCH3 is 2. The molecule has 3 N–H and O–H groups in total. The standard InChI is InChI=1S/C21H26N2O7.C18H20N2O6.C12H9NS/c1-12(2)30-21(25)18-14(4)22-13(3)17(20(24)29-10-9-28-5)19(18)15-7-6-8-16(11-15)23(26)27;1-5-26-18(22)15-11(3)19-10(2)14(17(21)25-4)16(15)12-7-6-8-13(9-12)20(23)24;1-3-7-11-9(5-1)13-10-6-2-4-8-12(10)14-11/h6-8,11-12,19,22H,9-10H2,1-5H3;6-9,16,19H,5H2,1-4H3;1-8,13H. The Labute approximate surface area is 409 Å². The summed E-state index contributed by atoms with van der Waals surface area (Å²) >= 11 is 1.82. The van der Waals surface area contributed by atoms with E-state index in [-0.39, 0.29) is 59.6 Å². The molecule has 2 atom stereocenters. The number of para-hydroxylation sites is 2. The summed E-state index contributed by atoms with van der Waals surface area (Å²) in [5.41, 5.74) is 5.82.